The molecule has 122 valence electrons. The van der Waals surface area contributed by atoms with Crippen LogP contribution in [0.4, 0.5) is 6.01 Å². The zero-order valence-electron chi connectivity index (χ0n) is 12.6. The van der Waals surface area contributed by atoms with Gasteiger partial charge in [0.1, 0.15) is 0 Å². The van der Waals surface area contributed by atoms with Crippen molar-refractivity contribution in [3.63, 3.8) is 0 Å². The molecular weight excluding hydrogens is 339 g/mol. The number of benzene rings is 1. The largest absolute Gasteiger partial charge is 0.341 e. The van der Waals surface area contributed by atoms with Gasteiger partial charge in [0, 0.05) is 41.2 Å². The summed E-state index contributed by atoms with van der Waals surface area (Å²) in [7, 11) is 0. The van der Waals surface area contributed by atoms with Crippen molar-refractivity contribution in [2.75, 3.05) is 18.4 Å². The molecule has 1 N–H and O–H groups in total. The fraction of sp³-hybridized carbons (Fsp3) is 0.400. The molecule has 3 rings (SSSR count). The predicted molar refractivity (Wildman–Crippen MR) is 88.7 cm³/mol. The van der Waals surface area contributed by atoms with Crippen LogP contribution in [-0.2, 0) is 4.79 Å². The highest BCUT2D eigenvalue weighted by Crippen LogP contribution is 2.26. The highest BCUT2D eigenvalue weighted by Gasteiger charge is 2.26. The van der Waals surface area contributed by atoms with Gasteiger partial charge in [0.25, 0.3) is 0 Å². The van der Waals surface area contributed by atoms with Crippen LogP contribution in [0, 0.1) is 0 Å². The van der Waals surface area contributed by atoms with Gasteiger partial charge in [-0.05, 0) is 24.6 Å². The van der Waals surface area contributed by atoms with Crippen LogP contribution in [0.1, 0.15) is 19.8 Å². The summed E-state index contributed by atoms with van der Waals surface area (Å²) in [4.78, 5) is 17.8. The van der Waals surface area contributed by atoms with Gasteiger partial charge in [-0.3, -0.25) is 4.79 Å². The van der Waals surface area contributed by atoms with E-state index in [1.165, 1.54) is 0 Å². The van der Waals surface area contributed by atoms with Crippen LogP contribution in [0.15, 0.2) is 22.7 Å². The summed E-state index contributed by atoms with van der Waals surface area (Å²) >= 11 is 12.0. The fourth-order valence-corrected chi connectivity index (χ4v) is 3.11. The molecule has 23 heavy (non-hydrogen) atoms. The smallest absolute Gasteiger partial charge is 0.322 e. The molecule has 1 amide bonds. The van der Waals surface area contributed by atoms with E-state index >= 15 is 0 Å². The van der Waals surface area contributed by atoms with Crippen LogP contribution in [0.3, 0.4) is 0 Å². The summed E-state index contributed by atoms with van der Waals surface area (Å²) in [6.45, 7) is 3.26. The Balaban J connectivity index is 1.67. The number of likely N-dealkylation sites (tertiary alicyclic amines) is 1. The number of nitrogens with zero attached hydrogens (tertiary/aromatic N) is 3. The van der Waals surface area contributed by atoms with Crippen LogP contribution in [0.25, 0.3) is 11.4 Å². The number of aromatic nitrogens is 2. The van der Waals surface area contributed by atoms with Crippen molar-refractivity contribution in [1.29, 1.82) is 0 Å². The first-order valence-corrected chi connectivity index (χ1v) is 8.15. The standard InChI is InChI=1S/C15H16Cl2N4O2/c1-2-13(22)21-4-3-12(8-21)18-15-19-14(20-23-15)9-5-10(16)7-11(17)6-9/h5-7,12H,2-4,8H2,1H3,(H,18,19,20). The quantitative estimate of drug-likeness (QED) is 0.909. The van der Waals surface area contributed by atoms with Gasteiger partial charge in [-0.15, -0.1) is 0 Å². The average Bonchev–Trinajstić information content (AvgIpc) is 3.15. The number of carbonyl (C=O) groups excluding carboxylic acids is 1. The molecule has 0 bridgehead atoms. The normalized spacial score (nSPS) is 17.5. The van der Waals surface area contributed by atoms with E-state index in [4.69, 9.17) is 27.7 Å². The molecule has 2 aromatic rings. The van der Waals surface area contributed by atoms with Crippen LogP contribution in [0.2, 0.25) is 10.0 Å². The lowest BCUT2D eigenvalue weighted by Gasteiger charge is -2.15. The third kappa shape index (κ3) is 3.76. The number of halogens is 2. The molecule has 0 spiro atoms. The molecular formula is C15H16Cl2N4O2. The third-order valence-corrected chi connectivity index (χ3v) is 4.15. The summed E-state index contributed by atoms with van der Waals surface area (Å²) in [6.07, 6.45) is 1.37. The van der Waals surface area contributed by atoms with E-state index in [9.17, 15) is 4.79 Å². The van der Waals surface area contributed by atoms with Crippen molar-refractivity contribution >= 4 is 35.1 Å². The Labute approximate surface area is 143 Å². The maximum Gasteiger partial charge on any atom is 0.322 e. The average molecular weight is 355 g/mol. The SMILES string of the molecule is CCC(=O)N1CCC(Nc2nc(-c3cc(Cl)cc(Cl)c3)no2)C1. The number of hydrogen-bond donors (Lipinski definition) is 1. The summed E-state index contributed by atoms with van der Waals surface area (Å²) in [5, 5.41) is 8.12. The molecule has 0 radical (unpaired) electrons. The van der Waals surface area contributed by atoms with Gasteiger partial charge in [0.15, 0.2) is 0 Å². The first kappa shape index (κ1) is 16.1. The zero-order valence-corrected chi connectivity index (χ0v) is 14.1. The molecule has 1 aromatic heterocycles. The Morgan fingerprint density at radius 1 is 1.39 bits per heavy atom. The number of anilines is 1. The minimum absolute atomic E-state index is 0.113. The van der Waals surface area contributed by atoms with Crippen LogP contribution < -0.4 is 5.32 Å². The van der Waals surface area contributed by atoms with E-state index in [0.717, 1.165) is 13.0 Å². The maximum absolute atomic E-state index is 11.7. The van der Waals surface area contributed by atoms with Crippen LogP contribution >= 0.6 is 23.2 Å². The summed E-state index contributed by atoms with van der Waals surface area (Å²) < 4.78 is 5.22. The van der Waals surface area contributed by atoms with Gasteiger partial charge in [0.05, 0.1) is 0 Å². The van der Waals surface area contributed by atoms with Crippen molar-refractivity contribution in [2.45, 2.75) is 25.8 Å². The molecule has 1 aliphatic heterocycles. The predicted octanol–water partition coefficient (Wildman–Crippen LogP) is 3.47. The summed E-state index contributed by atoms with van der Waals surface area (Å²) in [5.74, 6) is 0.575. The summed E-state index contributed by atoms with van der Waals surface area (Å²) in [5.41, 5.74) is 0.688. The fourth-order valence-electron chi connectivity index (χ4n) is 2.59. The van der Waals surface area contributed by atoms with E-state index in [1.807, 2.05) is 11.8 Å². The Morgan fingerprint density at radius 3 is 2.83 bits per heavy atom. The highest BCUT2D eigenvalue weighted by molar-refractivity contribution is 6.35. The Morgan fingerprint density at radius 2 is 2.13 bits per heavy atom. The Bertz CT molecular complexity index is 699. The third-order valence-electron chi connectivity index (χ3n) is 3.72. The van der Waals surface area contributed by atoms with E-state index in [-0.39, 0.29) is 11.9 Å². The van der Waals surface area contributed by atoms with Crippen molar-refractivity contribution in [2.24, 2.45) is 0 Å². The monoisotopic (exact) mass is 354 g/mol. The second kappa shape index (κ2) is 6.76. The highest BCUT2D eigenvalue weighted by atomic mass is 35.5. The molecule has 1 aliphatic rings. The number of hydrogen-bond acceptors (Lipinski definition) is 5. The molecule has 1 aromatic carbocycles. The second-order valence-electron chi connectivity index (χ2n) is 5.40. The van der Waals surface area contributed by atoms with E-state index in [1.54, 1.807) is 18.2 Å². The van der Waals surface area contributed by atoms with Crippen LogP contribution in [-0.4, -0.2) is 40.1 Å². The van der Waals surface area contributed by atoms with Crippen LogP contribution in [0.5, 0.6) is 0 Å². The zero-order chi connectivity index (χ0) is 16.4. The minimum Gasteiger partial charge on any atom is -0.341 e. The molecule has 0 saturated carbocycles. The second-order valence-corrected chi connectivity index (χ2v) is 6.28. The van der Waals surface area contributed by atoms with E-state index in [0.29, 0.717) is 40.4 Å². The number of rotatable bonds is 4. The minimum atomic E-state index is 0.113. The van der Waals surface area contributed by atoms with E-state index < -0.39 is 0 Å². The molecule has 2 heterocycles. The molecule has 1 atom stereocenters. The van der Waals surface area contributed by atoms with Crippen molar-refractivity contribution in [1.82, 2.24) is 15.0 Å². The van der Waals surface area contributed by atoms with E-state index in [2.05, 4.69) is 15.5 Å². The van der Waals surface area contributed by atoms with Crippen molar-refractivity contribution in [3.05, 3.63) is 28.2 Å². The van der Waals surface area contributed by atoms with Crippen molar-refractivity contribution in [3.8, 4) is 11.4 Å². The van der Waals surface area contributed by atoms with Gasteiger partial charge in [-0.2, -0.15) is 4.98 Å². The summed E-state index contributed by atoms with van der Waals surface area (Å²) in [6, 6.07) is 5.52. The molecule has 1 fully saturated rings. The van der Waals surface area contributed by atoms with Crippen molar-refractivity contribution < 1.29 is 9.32 Å². The van der Waals surface area contributed by atoms with Gasteiger partial charge in [-0.1, -0.05) is 35.3 Å². The van der Waals surface area contributed by atoms with Gasteiger partial charge < -0.3 is 14.7 Å². The molecule has 0 aliphatic carbocycles. The van der Waals surface area contributed by atoms with Gasteiger partial charge in [0.2, 0.25) is 11.7 Å². The number of nitrogens with one attached hydrogen (secondary N) is 1. The number of carbonyl (C=O) groups is 1. The lowest BCUT2D eigenvalue weighted by molar-refractivity contribution is -0.129. The Kier molecular flexibility index (Phi) is 4.73. The first-order chi connectivity index (χ1) is 11.0. The maximum atomic E-state index is 11.7. The molecule has 1 unspecified atom stereocenters. The Hall–Kier alpha value is -1.79. The molecule has 1 saturated heterocycles. The van der Waals surface area contributed by atoms with Gasteiger partial charge in [-0.25, -0.2) is 0 Å². The lowest BCUT2D eigenvalue weighted by Crippen LogP contribution is -2.30. The lowest BCUT2D eigenvalue weighted by atomic mass is 10.2. The molecule has 6 nitrogen and oxygen atoms in total. The first-order valence-electron chi connectivity index (χ1n) is 7.39. The topological polar surface area (TPSA) is 71.3 Å². The molecule has 8 heteroatoms. The van der Waals surface area contributed by atoms with Gasteiger partial charge >= 0.3 is 6.01 Å². The number of amides is 1.